The number of carbonyl (C=O) groups excluding carboxylic acids is 4. The van der Waals surface area contributed by atoms with Gasteiger partial charge in [-0.25, -0.2) is 14.6 Å². The molecule has 1 N–H and O–H groups in total. The summed E-state index contributed by atoms with van der Waals surface area (Å²) < 4.78 is 15.5. The third-order valence-corrected chi connectivity index (χ3v) is 5.43. The van der Waals surface area contributed by atoms with Crippen molar-refractivity contribution in [2.75, 3.05) is 18.7 Å². The summed E-state index contributed by atoms with van der Waals surface area (Å²) in [5.74, 6) is -1.61. The standard InChI is InChI=1S/C25H19ClN2O7/c1-3-34-25(32)18-12-15(6-10-20(18)26)21-11-9-17(35-21)13-19-22(29)27-28(23(19)30)16-7-4-14(5-8-16)24(31)33-2/h4-13H,3H2,1-2H3,(H,27,29)/b19-13-. The predicted octanol–water partition coefficient (Wildman–Crippen LogP) is 4.02. The van der Waals surface area contributed by atoms with Gasteiger partial charge in [0.1, 0.15) is 17.1 Å². The zero-order valence-electron chi connectivity index (χ0n) is 18.7. The van der Waals surface area contributed by atoms with Crippen molar-refractivity contribution in [1.82, 2.24) is 5.43 Å². The second-order valence-electron chi connectivity index (χ2n) is 7.30. The van der Waals surface area contributed by atoms with Crippen LogP contribution < -0.4 is 10.4 Å². The molecule has 0 atom stereocenters. The van der Waals surface area contributed by atoms with Crippen LogP contribution in [0.2, 0.25) is 5.02 Å². The molecule has 0 unspecified atom stereocenters. The zero-order valence-corrected chi connectivity index (χ0v) is 19.4. The Morgan fingerprint density at radius 1 is 1.06 bits per heavy atom. The van der Waals surface area contributed by atoms with Crippen LogP contribution in [0.15, 0.2) is 64.6 Å². The molecule has 1 fully saturated rings. The van der Waals surface area contributed by atoms with E-state index >= 15 is 0 Å². The van der Waals surface area contributed by atoms with E-state index in [0.717, 1.165) is 5.01 Å². The molecule has 9 nitrogen and oxygen atoms in total. The number of methoxy groups -OCH3 is 1. The van der Waals surface area contributed by atoms with Crippen LogP contribution in [-0.4, -0.2) is 37.5 Å². The molecule has 10 heteroatoms. The van der Waals surface area contributed by atoms with Crippen molar-refractivity contribution in [1.29, 1.82) is 0 Å². The summed E-state index contributed by atoms with van der Waals surface area (Å²) in [4.78, 5) is 49.0. The Morgan fingerprint density at radius 3 is 2.49 bits per heavy atom. The average molecular weight is 495 g/mol. The second kappa shape index (κ2) is 9.86. The van der Waals surface area contributed by atoms with E-state index in [4.69, 9.17) is 20.8 Å². The van der Waals surface area contributed by atoms with Gasteiger partial charge in [-0.15, -0.1) is 0 Å². The number of hydrogen-bond acceptors (Lipinski definition) is 7. The Kier molecular flexibility index (Phi) is 6.70. The molecule has 0 spiro atoms. The average Bonchev–Trinajstić information content (AvgIpc) is 3.44. The third kappa shape index (κ3) is 4.80. The molecular weight excluding hydrogens is 476 g/mol. The zero-order chi connectivity index (χ0) is 25.1. The van der Waals surface area contributed by atoms with E-state index in [2.05, 4.69) is 10.2 Å². The fourth-order valence-corrected chi connectivity index (χ4v) is 3.57. The first-order chi connectivity index (χ1) is 16.8. The van der Waals surface area contributed by atoms with Crippen LogP contribution >= 0.6 is 11.6 Å². The van der Waals surface area contributed by atoms with E-state index in [1.165, 1.54) is 37.5 Å². The Hall–Kier alpha value is -4.37. The number of furan rings is 1. The maximum Gasteiger partial charge on any atom is 0.339 e. The highest BCUT2D eigenvalue weighted by Gasteiger charge is 2.35. The van der Waals surface area contributed by atoms with E-state index in [-0.39, 0.29) is 28.5 Å². The minimum absolute atomic E-state index is 0.133. The lowest BCUT2D eigenvalue weighted by Crippen LogP contribution is -2.35. The summed E-state index contributed by atoms with van der Waals surface area (Å²) in [6.07, 6.45) is 1.33. The Bertz CT molecular complexity index is 1360. The summed E-state index contributed by atoms with van der Waals surface area (Å²) in [6.45, 7) is 1.90. The number of hydrazine groups is 1. The first kappa shape index (κ1) is 23.8. The summed E-state index contributed by atoms with van der Waals surface area (Å²) in [5, 5.41) is 1.32. The van der Waals surface area contributed by atoms with Crippen LogP contribution in [0.25, 0.3) is 17.4 Å². The van der Waals surface area contributed by atoms with Crippen LogP contribution in [0.1, 0.15) is 33.4 Å². The number of benzene rings is 2. The van der Waals surface area contributed by atoms with E-state index < -0.39 is 23.8 Å². The SMILES string of the molecule is CCOC(=O)c1cc(-c2ccc(/C=C3/C(=O)NN(c4ccc(C(=O)OC)cc4)C3=O)o2)ccc1Cl. The first-order valence-electron chi connectivity index (χ1n) is 10.4. The minimum Gasteiger partial charge on any atom is -0.465 e. The van der Waals surface area contributed by atoms with Crippen LogP contribution in [0.3, 0.4) is 0 Å². The predicted molar refractivity (Wildman–Crippen MR) is 126 cm³/mol. The lowest BCUT2D eigenvalue weighted by atomic mass is 10.1. The Labute approximate surface area is 204 Å². The van der Waals surface area contributed by atoms with Crippen molar-refractivity contribution in [2.45, 2.75) is 6.92 Å². The van der Waals surface area contributed by atoms with Gasteiger partial charge in [-0.3, -0.25) is 15.0 Å². The van der Waals surface area contributed by atoms with Gasteiger partial charge in [0, 0.05) is 5.56 Å². The van der Waals surface area contributed by atoms with Gasteiger partial charge in [-0.2, -0.15) is 0 Å². The number of hydrogen-bond donors (Lipinski definition) is 1. The van der Waals surface area contributed by atoms with Crippen molar-refractivity contribution >= 4 is 47.1 Å². The van der Waals surface area contributed by atoms with E-state index in [1.807, 2.05) is 0 Å². The van der Waals surface area contributed by atoms with Crippen LogP contribution in [0.4, 0.5) is 5.69 Å². The molecule has 0 bridgehead atoms. The molecule has 1 aliphatic rings. The molecule has 0 radical (unpaired) electrons. The Morgan fingerprint density at radius 2 is 1.80 bits per heavy atom. The van der Waals surface area contributed by atoms with Crippen LogP contribution in [0.5, 0.6) is 0 Å². The molecule has 1 aliphatic heterocycles. The summed E-state index contributed by atoms with van der Waals surface area (Å²) in [7, 11) is 1.27. The number of amides is 2. The van der Waals surface area contributed by atoms with Crippen molar-refractivity contribution in [3.05, 3.63) is 82.1 Å². The lowest BCUT2D eigenvalue weighted by molar-refractivity contribution is -0.117. The fraction of sp³-hybridized carbons (Fsp3) is 0.120. The summed E-state index contributed by atoms with van der Waals surface area (Å²) in [5.41, 5.74) is 3.79. The molecule has 1 aromatic heterocycles. The van der Waals surface area contributed by atoms with Crippen LogP contribution in [-0.2, 0) is 19.1 Å². The smallest absolute Gasteiger partial charge is 0.339 e. The highest BCUT2D eigenvalue weighted by Crippen LogP contribution is 2.29. The number of nitrogens with zero attached hydrogens (tertiary/aromatic N) is 1. The number of esters is 2. The lowest BCUT2D eigenvalue weighted by Gasteiger charge is -2.14. The van der Waals surface area contributed by atoms with Gasteiger partial charge in [-0.05, 0) is 67.6 Å². The molecule has 35 heavy (non-hydrogen) atoms. The van der Waals surface area contributed by atoms with E-state index in [1.54, 1.807) is 37.3 Å². The highest BCUT2D eigenvalue weighted by atomic mass is 35.5. The van der Waals surface area contributed by atoms with Crippen molar-refractivity contribution in [3.63, 3.8) is 0 Å². The van der Waals surface area contributed by atoms with Crippen molar-refractivity contribution in [2.24, 2.45) is 0 Å². The Balaban J connectivity index is 1.56. The topological polar surface area (TPSA) is 115 Å². The molecule has 1 saturated heterocycles. The monoisotopic (exact) mass is 494 g/mol. The maximum absolute atomic E-state index is 12.9. The van der Waals surface area contributed by atoms with Gasteiger partial charge in [0.25, 0.3) is 11.8 Å². The van der Waals surface area contributed by atoms with Crippen molar-refractivity contribution in [3.8, 4) is 11.3 Å². The normalized spacial score (nSPS) is 14.3. The van der Waals surface area contributed by atoms with Gasteiger partial charge in [0.15, 0.2) is 0 Å². The van der Waals surface area contributed by atoms with E-state index in [9.17, 15) is 19.2 Å². The number of rotatable bonds is 6. The quantitative estimate of drug-likeness (QED) is 0.312. The molecule has 0 aliphatic carbocycles. The first-order valence-corrected chi connectivity index (χ1v) is 10.8. The number of ether oxygens (including phenoxy) is 2. The van der Waals surface area contributed by atoms with Crippen LogP contribution in [0, 0.1) is 0 Å². The number of halogens is 1. The van der Waals surface area contributed by atoms with Gasteiger partial charge in [0.05, 0.1) is 35.6 Å². The van der Waals surface area contributed by atoms with Gasteiger partial charge in [0.2, 0.25) is 0 Å². The van der Waals surface area contributed by atoms with Gasteiger partial charge in [-0.1, -0.05) is 11.6 Å². The molecule has 4 rings (SSSR count). The summed E-state index contributed by atoms with van der Waals surface area (Å²) >= 11 is 6.11. The third-order valence-electron chi connectivity index (χ3n) is 5.10. The highest BCUT2D eigenvalue weighted by molar-refractivity contribution is 6.33. The molecule has 3 aromatic rings. The second-order valence-corrected chi connectivity index (χ2v) is 7.70. The minimum atomic E-state index is -0.610. The van der Waals surface area contributed by atoms with Crippen molar-refractivity contribution < 1.29 is 33.1 Å². The molecule has 2 aromatic carbocycles. The maximum atomic E-state index is 12.9. The number of carbonyl (C=O) groups is 4. The summed E-state index contributed by atoms with van der Waals surface area (Å²) in [6, 6.07) is 14.0. The molecule has 2 amide bonds. The largest absolute Gasteiger partial charge is 0.465 e. The molecule has 2 heterocycles. The van der Waals surface area contributed by atoms with Gasteiger partial charge >= 0.3 is 11.9 Å². The molecular formula is C25H19ClN2O7. The fourth-order valence-electron chi connectivity index (χ4n) is 3.38. The molecule has 178 valence electrons. The van der Waals surface area contributed by atoms with Gasteiger partial charge < -0.3 is 13.9 Å². The molecule has 0 saturated carbocycles. The number of anilines is 1. The van der Waals surface area contributed by atoms with E-state index in [0.29, 0.717) is 22.6 Å². The number of nitrogens with one attached hydrogen (secondary N) is 1.